The highest BCUT2D eigenvalue weighted by Gasteiger charge is 2.04. The largest absolute Gasteiger partial charge is 0.492 e. The van der Waals surface area contributed by atoms with Crippen molar-refractivity contribution in [3.8, 4) is 5.75 Å². The maximum atomic E-state index is 10.7. The van der Waals surface area contributed by atoms with Gasteiger partial charge in [0.1, 0.15) is 5.75 Å². The van der Waals surface area contributed by atoms with Crippen molar-refractivity contribution in [3.05, 3.63) is 23.2 Å². The number of anilines is 1. The molecule has 0 aliphatic rings. The van der Waals surface area contributed by atoms with Gasteiger partial charge in [0.15, 0.2) is 0 Å². The molecule has 0 heterocycles. The average Bonchev–Trinajstić information content (AvgIpc) is 2.20. The Hall–Kier alpha value is -0.980. The van der Waals surface area contributed by atoms with Crippen molar-refractivity contribution in [2.75, 3.05) is 24.2 Å². The quantitative estimate of drug-likeness (QED) is 0.825. The van der Waals surface area contributed by atoms with Gasteiger partial charge in [-0.2, -0.15) is 0 Å². The van der Waals surface area contributed by atoms with Gasteiger partial charge in [0.2, 0.25) is 10.0 Å². The number of benzene rings is 1. The van der Waals surface area contributed by atoms with Crippen LogP contribution in [-0.2, 0) is 10.0 Å². The molecule has 0 spiro atoms. The minimum Gasteiger partial charge on any atom is -0.492 e. The summed E-state index contributed by atoms with van der Waals surface area (Å²) in [5, 5.41) is 8.27. The number of sulfonamides is 1. The zero-order valence-electron chi connectivity index (χ0n) is 9.44. The van der Waals surface area contributed by atoms with Gasteiger partial charge in [-0.3, -0.25) is 0 Å². The molecule has 0 unspecified atom stereocenters. The highest BCUT2D eigenvalue weighted by molar-refractivity contribution is 7.89. The predicted molar refractivity (Wildman–Crippen MR) is 69.1 cm³/mol. The summed E-state index contributed by atoms with van der Waals surface area (Å²) in [5.74, 6) is 0.476. The van der Waals surface area contributed by atoms with E-state index >= 15 is 0 Å². The highest BCUT2D eigenvalue weighted by atomic mass is 35.5. The van der Waals surface area contributed by atoms with Crippen LogP contribution in [0.15, 0.2) is 18.2 Å². The first kappa shape index (κ1) is 14.1. The topological polar surface area (TPSA) is 81.4 Å². The monoisotopic (exact) mass is 278 g/mol. The van der Waals surface area contributed by atoms with Crippen LogP contribution in [-0.4, -0.2) is 27.3 Å². The van der Waals surface area contributed by atoms with E-state index in [1.54, 1.807) is 18.2 Å². The Balaban J connectivity index is 2.58. The zero-order valence-corrected chi connectivity index (χ0v) is 11.0. The van der Waals surface area contributed by atoms with E-state index < -0.39 is 10.0 Å². The fourth-order valence-corrected chi connectivity index (χ4v) is 1.84. The predicted octanol–water partition coefficient (Wildman–Crippen LogP) is 1.44. The molecule has 0 saturated carbocycles. The standard InChI is InChI=1S/C10H15ClN2O3S/c1-2-16-10-4-3-8(7-9(10)11)13-5-6-17(12,14)15/h3-4,7,13H,2,5-6H2,1H3,(H2,12,14,15). The van der Waals surface area contributed by atoms with E-state index in [0.717, 1.165) is 5.69 Å². The molecule has 0 radical (unpaired) electrons. The molecule has 0 saturated heterocycles. The van der Waals surface area contributed by atoms with Gasteiger partial charge in [-0.05, 0) is 25.1 Å². The number of rotatable bonds is 6. The van der Waals surface area contributed by atoms with E-state index in [9.17, 15) is 8.42 Å². The molecule has 7 heteroatoms. The molecule has 96 valence electrons. The molecule has 1 rings (SSSR count). The Kier molecular flexibility index (Phi) is 5.04. The lowest BCUT2D eigenvalue weighted by Crippen LogP contribution is -2.22. The summed E-state index contributed by atoms with van der Waals surface area (Å²) in [4.78, 5) is 0. The summed E-state index contributed by atoms with van der Waals surface area (Å²) in [5.41, 5.74) is 0.724. The Bertz CT molecular complexity index is 476. The van der Waals surface area contributed by atoms with Crippen molar-refractivity contribution < 1.29 is 13.2 Å². The maximum Gasteiger partial charge on any atom is 0.210 e. The molecule has 1 aromatic rings. The maximum absolute atomic E-state index is 10.7. The summed E-state index contributed by atoms with van der Waals surface area (Å²) in [6.45, 7) is 2.65. The molecule has 0 bridgehead atoms. The van der Waals surface area contributed by atoms with E-state index in [2.05, 4.69) is 5.32 Å². The highest BCUT2D eigenvalue weighted by Crippen LogP contribution is 2.27. The summed E-state index contributed by atoms with van der Waals surface area (Å²) in [7, 11) is -3.44. The van der Waals surface area contributed by atoms with Crippen LogP contribution < -0.4 is 15.2 Å². The molecule has 3 N–H and O–H groups in total. The normalized spacial score (nSPS) is 11.2. The van der Waals surface area contributed by atoms with Crippen LogP contribution in [0.25, 0.3) is 0 Å². The molecule has 0 fully saturated rings. The lowest BCUT2D eigenvalue weighted by atomic mass is 10.3. The minimum atomic E-state index is -3.44. The van der Waals surface area contributed by atoms with Crippen molar-refractivity contribution in [3.63, 3.8) is 0 Å². The third-order valence-electron chi connectivity index (χ3n) is 1.95. The van der Waals surface area contributed by atoms with Crippen LogP contribution in [0.1, 0.15) is 6.92 Å². The number of nitrogens with two attached hydrogens (primary N) is 1. The molecule has 0 amide bonds. The number of hydrogen-bond acceptors (Lipinski definition) is 4. The third kappa shape index (κ3) is 5.25. The lowest BCUT2D eigenvalue weighted by Gasteiger charge is -2.09. The van der Waals surface area contributed by atoms with Gasteiger partial charge in [0.25, 0.3) is 0 Å². The number of halogens is 1. The van der Waals surface area contributed by atoms with Crippen molar-refractivity contribution >= 4 is 27.3 Å². The van der Waals surface area contributed by atoms with E-state index in [1.165, 1.54) is 0 Å². The fourth-order valence-electron chi connectivity index (χ4n) is 1.22. The van der Waals surface area contributed by atoms with Crippen LogP contribution in [0.4, 0.5) is 5.69 Å². The average molecular weight is 279 g/mol. The summed E-state index contributed by atoms with van der Waals surface area (Å²) in [6, 6.07) is 5.17. The van der Waals surface area contributed by atoms with Crippen molar-refractivity contribution in [2.24, 2.45) is 5.14 Å². The second-order valence-corrected chi connectivity index (χ2v) is 5.51. The lowest BCUT2D eigenvalue weighted by molar-refractivity contribution is 0.340. The molecule has 0 atom stereocenters. The smallest absolute Gasteiger partial charge is 0.210 e. The van der Waals surface area contributed by atoms with E-state index in [1.807, 2.05) is 6.92 Å². The summed E-state index contributed by atoms with van der Waals surface area (Å²) in [6.07, 6.45) is 0. The SMILES string of the molecule is CCOc1ccc(NCCS(N)(=O)=O)cc1Cl. The van der Waals surface area contributed by atoms with Crippen LogP contribution in [0.5, 0.6) is 5.75 Å². The fraction of sp³-hybridized carbons (Fsp3) is 0.400. The minimum absolute atomic E-state index is 0.127. The second kappa shape index (κ2) is 6.09. The number of primary sulfonamides is 1. The van der Waals surface area contributed by atoms with Gasteiger partial charge >= 0.3 is 0 Å². The number of nitrogens with one attached hydrogen (secondary N) is 1. The molecule has 0 aliphatic carbocycles. The van der Waals surface area contributed by atoms with Crippen LogP contribution in [0, 0.1) is 0 Å². The number of hydrogen-bond donors (Lipinski definition) is 2. The van der Waals surface area contributed by atoms with Crippen molar-refractivity contribution in [2.45, 2.75) is 6.92 Å². The Labute approximate surface area is 106 Å². The second-order valence-electron chi connectivity index (χ2n) is 3.37. The molecule has 0 aliphatic heterocycles. The number of ether oxygens (including phenoxy) is 1. The van der Waals surface area contributed by atoms with Gasteiger partial charge < -0.3 is 10.1 Å². The molecule has 0 aromatic heterocycles. The van der Waals surface area contributed by atoms with Crippen LogP contribution in [0.3, 0.4) is 0 Å². The molecular formula is C10H15ClN2O3S. The molecular weight excluding hydrogens is 264 g/mol. The Morgan fingerprint density at radius 3 is 2.71 bits per heavy atom. The first-order chi connectivity index (χ1) is 7.92. The molecule has 1 aromatic carbocycles. The van der Waals surface area contributed by atoms with Crippen LogP contribution >= 0.6 is 11.6 Å². The van der Waals surface area contributed by atoms with Crippen molar-refractivity contribution in [1.82, 2.24) is 0 Å². The summed E-state index contributed by atoms with van der Waals surface area (Å²) < 4.78 is 26.7. The molecule has 17 heavy (non-hydrogen) atoms. The van der Waals surface area contributed by atoms with E-state index in [-0.39, 0.29) is 12.3 Å². The first-order valence-corrected chi connectivity index (χ1v) is 7.18. The van der Waals surface area contributed by atoms with Gasteiger partial charge in [-0.15, -0.1) is 0 Å². The van der Waals surface area contributed by atoms with E-state index in [4.69, 9.17) is 21.5 Å². The Morgan fingerprint density at radius 2 is 2.18 bits per heavy atom. The van der Waals surface area contributed by atoms with Gasteiger partial charge in [0.05, 0.1) is 17.4 Å². The molecule has 5 nitrogen and oxygen atoms in total. The van der Waals surface area contributed by atoms with Crippen molar-refractivity contribution in [1.29, 1.82) is 0 Å². The van der Waals surface area contributed by atoms with Crippen LogP contribution in [0.2, 0.25) is 5.02 Å². The Morgan fingerprint density at radius 1 is 1.47 bits per heavy atom. The third-order valence-corrected chi connectivity index (χ3v) is 3.02. The summed E-state index contributed by atoms with van der Waals surface area (Å²) >= 11 is 5.97. The zero-order chi connectivity index (χ0) is 12.9. The van der Waals surface area contributed by atoms with Gasteiger partial charge in [-0.25, -0.2) is 13.6 Å². The van der Waals surface area contributed by atoms with Gasteiger partial charge in [-0.1, -0.05) is 11.6 Å². The van der Waals surface area contributed by atoms with E-state index in [0.29, 0.717) is 17.4 Å². The first-order valence-electron chi connectivity index (χ1n) is 5.09. The van der Waals surface area contributed by atoms with Gasteiger partial charge in [0, 0.05) is 12.2 Å².